The van der Waals surface area contributed by atoms with Crippen molar-refractivity contribution in [3.05, 3.63) is 11.1 Å². The number of aromatic nitrogens is 1. The van der Waals surface area contributed by atoms with Crippen LogP contribution in [-0.4, -0.2) is 37.5 Å². The number of carbonyl (C=O) groups excluding carboxylic acids is 1. The lowest BCUT2D eigenvalue weighted by molar-refractivity contribution is 0.250. The molecular formula is C10H15N3O3S2. The molecule has 2 amide bonds. The zero-order valence-corrected chi connectivity index (χ0v) is 11.6. The molecule has 0 bridgehead atoms. The molecule has 2 heterocycles. The molecule has 1 atom stereocenters. The first kappa shape index (κ1) is 13.3. The van der Waals surface area contributed by atoms with Gasteiger partial charge in [0, 0.05) is 11.9 Å². The summed E-state index contributed by atoms with van der Waals surface area (Å²) in [5.74, 6) is 0.426. The van der Waals surface area contributed by atoms with E-state index in [-0.39, 0.29) is 23.5 Å². The van der Waals surface area contributed by atoms with Gasteiger partial charge in [0.05, 0.1) is 17.2 Å². The quantitative estimate of drug-likeness (QED) is 0.869. The van der Waals surface area contributed by atoms with E-state index < -0.39 is 9.84 Å². The molecular weight excluding hydrogens is 274 g/mol. The van der Waals surface area contributed by atoms with Crippen LogP contribution in [0, 0.1) is 12.8 Å². The SMILES string of the molecule is Cc1csc(NC(=O)NCC2CCS(=O)(=O)C2)n1. The molecule has 0 spiro atoms. The van der Waals surface area contributed by atoms with Crippen molar-refractivity contribution in [3.8, 4) is 0 Å². The maximum absolute atomic E-state index is 11.5. The Hall–Kier alpha value is -1.15. The van der Waals surface area contributed by atoms with Gasteiger partial charge in [-0.3, -0.25) is 5.32 Å². The number of rotatable bonds is 3. The number of hydrogen-bond donors (Lipinski definition) is 2. The molecule has 0 aliphatic carbocycles. The van der Waals surface area contributed by atoms with Crippen molar-refractivity contribution in [2.75, 3.05) is 23.4 Å². The zero-order valence-electron chi connectivity index (χ0n) is 9.97. The third kappa shape index (κ3) is 3.67. The molecule has 0 radical (unpaired) electrons. The summed E-state index contributed by atoms with van der Waals surface area (Å²) >= 11 is 1.36. The van der Waals surface area contributed by atoms with E-state index in [1.54, 1.807) is 0 Å². The van der Waals surface area contributed by atoms with Crippen molar-refractivity contribution >= 4 is 32.3 Å². The fraction of sp³-hybridized carbons (Fsp3) is 0.600. The number of carbonyl (C=O) groups is 1. The highest BCUT2D eigenvalue weighted by atomic mass is 32.2. The van der Waals surface area contributed by atoms with Crippen molar-refractivity contribution in [2.45, 2.75) is 13.3 Å². The van der Waals surface area contributed by atoms with Crippen molar-refractivity contribution in [2.24, 2.45) is 5.92 Å². The van der Waals surface area contributed by atoms with Gasteiger partial charge in [0.25, 0.3) is 0 Å². The van der Waals surface area contributed by atoms with E-state index in [1.807, 2.05) is 12.3 Å². The van der Waals surface area contributed by atoms with Crippen LogP contribution < -0.4 is 10.6 Å². The van der Waals surface area contributed by atoms with Gasteiger partial charge in [0.15, 0.2) is 15.0 Å². The molecule has 1 aliphatic rings. The molecule has 1 aliphatic heterocycles. The molecule has 1 saturated heterocycles. The maximum Gasteiger partial charge on any atom is 0.321 e. The van der Waals surface area contributed by atoms with Gasteiger partial charge in [-0.05, 0) is 19.3 Å². The summed E-state index contributed by atoms with van der Waals surface area (Å²) in [4.78, 5) is 15.6. The highest BCUT2D eigenvalue weighted by Crippen LogP contribution is 2.17. The molecule has 2 rings (SSSR count). The number of urea groups is 1. The molecule has 1 unspecified atom stereocenters. The second-order valence-electron chi connectivity index (χ2n) is 4.40. The van der Waals surface area contributed by atoms with Crippen LogP contribution in [0.3, 0.4) is 0 Å². The average molecular weight is 289 g/mol. The minimum Gasteiger partial charge on any atom is -0.337 e. The van der Waals surface area contributed by atoms with Gasteiger partial charge < -0.3 is 5.32 Å². The van der Waals surface area contributed by atoms with Gasteiger partial charge in [0.1, 0.15) is 0 Å². The third-order valence-electron chi connectivity index (χ3n) is 2.72. The fourth-order valence-corrected chi connectivity index (χ4v) is 4.37. The first-order valence-corrected chi connectivity index (χ1v) is 8.32. The summed E-state index contributed by atoms with van der Waals surface area (Å²) < 4.78 is 22.5. The van der Waals surface area contributed by atoms with Crippen molar-refractivity contribution in [3.63, 3.8) is 0 Å². The number of hydrogen-bond acceptors (Lipinski definition) is 5. The van der Waals surface area contributed by atoms with Crippen molar-refractivity contribution in [1.29, 1.82) is 0 Å². The van der Waals surface area contributed by atoms with E-state index >= 15 is 0 Å². The standard InChI is InChI=1S/C10H15N3O3S2/c1-7-5-17-10(12-7)13-9(14)11-4-8-2-3-18(15,16)6-8/h5,8H,2-4,6H2,1H3,(H2,11,12,13,14). The number of thiazole rings is 1. The van der Waals surface area contributed by atoms with Crippen LogP contribution in [0.15, 0.2) is 5.38 Å². The number of anilines is 1. The monoisotopic (exact) mass is 289 g/mol. The Balaban J connectivity index is 1.76. The minimum absolute atomic E-state index is 0.0266. The topological polar surface area (TPSA) is 88.2 Å². The van der Waals surface area contributed by atoms with Crippen molar-refractivity contribution < 1.29 is 13.2 Å². The number of sulfone groups is 1. The summed E-state index contributed by atoms with van der Waals surface area (Å²) in [5, 5.41) is 7.68. The Morgan fingerprint density at radius 2 is 2.39 bits per heavy atom. The highest BCUT2D eigenvalue weighted by Gasteiger charge is 2.27. The highest BCUT2D eigenvalue weighted by molar-refractivity contribution is 7.91. The molecule has 2 N–H and O–H groups in total. The summed E-state index contributed by atoms with van der Waals surface area (Å²) in [6.07, 6.45) is 0.624. The molecule has 100 valence electrons. The van der Waals surface area contributed by atoms with Gasteiger partial charge >= 0.3 is 6.03 Å². The van der Waals surface area contributed by atoms with E-state index in [0.717, 1.165) is 5.69 Å². The van der Waals surface area contributed by atoms with Gasteiger partial charge in [-0.1, -0.05) is 0 Å². The molecule has 6 nitrogen and oxygen atoms in total. The van der Waals surface area contributed by atoms with Crippen molar-refractivity contribution in [1.82, 2.24) is 10.3 Å². The normalized spacial score (nSPS) is 21.7. The second-order valence-corrected chi connectivity index (χ2v) is 7.48. The Bertz CT molecular complexity index is 538. The van der Waals surface area contributed by atoms with E-state index in [2.05, 4.69) is 15.6 Å². The third-order valence-corrected chi connectivity index (χ3v) is 5.43. The van der Waals surface area contributed by atoms with E-state index in [1.165, 1.54) is 11.3 Å². The lowest BCUT2D eigenvalue weighted by atomic mass is 10.1. The predicted octanol–water partition coefficient (Wildman–Crippen LogP) is 1.01. The summed E-state index contributed by atoms with van der Waals surface area (Å²) in [7, 11) is -2.88. The zero-order chi connectivity index (χ0) is 13.2. The molecule has 0 saturated carbocycles. The summed E-state index contributed by atoms with van der Waals surface area (Å²) in [6, 6.07) is -0.339. The lowest BCUT2D eigenvalue weighted by Gasteiger charge is -2.09. The van der Waals surface area contributed by atoms with E-state index in [4.69, 9.17) is 0 Å². The Morgan fingerprint density at radius 1 is 1.61 bits per heavy atom. The number of aryl methyl sites for hydroxylation is 1. The van der Waals surface area contributed by atoms with Gasteiger partial charge in [0.2, 0.25) is 0 Å². The van der Waals surface area contributed by atoms with Crippen LogP contribution in [0.5, 0.6) is 0 Å². The fourth-order valence-electron chi connectivity index (χ4n) is 1.82. The molecule has 1 aromatic rings. The Kier molecular flexibility index (Phi) is 3.86. The number of amides is 2. The Labute approximate surface area is 110 Å². The molecule has 1 fully saturated rings. The summed E-state index contributed by atoms with van der Waals surface area (Å²) in [5.41, 5.74) is 0.859. The molecule has 0 aromatic carbocycles. The van der Waals surface area contributed by atoms with Crippen LogP contribution in [0.2, 0.25) is 0 Å². The minimum atomic E-state index is -2.88. The van der Waals surface area contributed by atoms with Crippen LogP contribution in [-0.2, 0) is 9.84 Å². The van der Waals surface area contributed by atoms with E-state index in [9.17, 15) is 13.2 Å². The van der Waals surface area contributed by atoms with Crippen LogP contribution >= 0.6 is 11.3 Å². The Morgan fingerprint density at radius 3 is 2.94 bits per heavy atom. The van der Waals surface area contributed by atoms with Crippen LogP contribution in [0.25, 0.3) is 0 Å². The number of nitrogens with zero attached hydrogens (tertiary/aromatic N) is 1. The van der Waals surface area contributed by atoms with Gasteiger partial charge in [-0.25, -0.2) is 18.2 Å². The molecule has 18 heavy (non-hydrogen) atoms. The predicted molar refractivity (Wildman–Crippen MR) is 70.6 cm³/mol. The first-order chi connectivity index (χ1) is 8.44. The smallest absolute Gasteiger partial charge is 0.321 e. The molecule has 8 heteroatoms. The summed E-state index contributed by atoms with van der Waals surface area (Å²) in [6.45, 7) is 2.23. The van der Waals surface area contributed by atoms with E-state index in [0.29, 0.717) is 18.1 Å². The van der Waals surface area contributed by atoms with Crippen LogP contribution in [0.1, 0.15) is 12.1 Å². The maximum atomic E-state index is 11.5. The molecule has 1 aromatic heterocycles. The average Bonchev–Trinajstić information content (AvgIpc) is 2.82. The van der Waals surface area contributed by atoms with Gasteiger partial charge in [-0.15, -0.1) is 11.3 Å². The van der Waals surface area contributed by atoms with Crippen LogP contribution in [0.4, 0.5) is 9.93 Å². The lowest BCUT2D eigenvalue weighted by Crippen LogP contribution is -2.33. The second kappa shape index (κ2) is 5.23. The first-order valence-electron chi connectivity index (χ1n) is 5.62. The number of nitrogens with one attached hydrogen (secondary N) is 2. The largest absolute Gasteiger partial charge is 0.337 e. The van der Waals surface area contributed by atoms with Gasteiger partial charge in [-0.2, -0.15) is 0 Å².